The van der Waals surface area contributed by atoms with Crippen molar-refractivity contribution in [2.75, 3.05) is 6.54 Å². The molecule has 1 amide bonds. The van der Waals surface area contributed by atoms with Crippen LogP contribution in [0.5, 0.6) is 0 Å². The van der Waals surface area contributed by atoms with Crippen molar-refractivity contribution in [3.05, 3.63) is 63.4 Å². The summed E-state index contributed by atoms with van der Waals surface area (Å²) >= 11 is 0. The average molecular weight is 511 g/mol. The number of hydrogen-bond donors (Lipinski definition) is 2. The summed E-state index contributed by atoms with van der Waals surface area (Å²) in [7, 11) is 1.89. The summed E-state index contributed by atoms with van der Waals surface area (Å²) in [6.07, 6.45) is 1.01. The Labute approximate surface area is 202 Å². The lowest BCUT2D eigenvalue weighted by molar-refractivity contribution is -0.192. The molecular weight excluding hydrogens is 487 g/mol. The van der Waals surface area contributed by atoms with Gasteiger partial charge in [-0.2, -0.15) is 18.3 Å². The Morgan fingerprint density at radius 3 is 2.56 bits per heavy atom. The molecule has 0 fully saturated rings. The van der Waals surface area contributed by atoms with Crippen molar-refractivity contribution < 1.29 is 32.4 Å². The van der Waals surface area contributed by atoms with Gasteiger partial charge in [0.05, 0.1) is 31.2 Å². The highest BCUT2D eigenvalue weighted by atomic mass is 19.4. The number of aliphatic carboxylic acids is 1. The van der Waals surface area contributed by atoms with Crippen molar-refractivity contribution in [3.8, 4) is 0 Å². The lowest BCUT2D eigenvalue weighted by atomic mass is 10.2. The molecule has 15 heteroatoms. The van der Waals surface area contributed by atoms with Crippen LogP contribution in [0.2, 0.25) is 0 Å². The first kappa shape index (κ1) is 26.6. The van der Waals surface area contributed by atoms with Crippen LogP contribution in [0.4, 0.5) is 13.2 Å². The summed E-state index contributed by atoms with van der Waals surface area (Å²) in [5.41, 5.74) is 1.94. The van der Waals surface area contributed by atoms with E-state index in [0.29, 0.717) is 35.9 Å². The number of hydrogen-bond acceptors (Lipinski definition) is 8. The van der Waals surface area contributed by atoms with E-state index in [9.17, 15) is 22.8 Å². The number of aromatic nitrogens is 5. The maximum Gasteiger partial charge on any atom is 0.490 e. The molecule has 0 saturated heterocycles. The third-order valence-corrected chi connectivity index (χ3v) is 5.19. The average Bonchev–Trinajstić information content (AvgIpc) is 3.34. The predicted octanol–water partition coefficient (Wildman–Crippen LogP) is 1.24. The van der Waals surface area contributed by atoms with Gasteiger partial charge in [0.1, 0.15) is 17.1 Å². The summed E-state index contributed by atoms with van der Waals surface area (Å²) in [5.74, 6) is -1.90. The van der Waals surface area contributed by atoms with Gasteiger partial charge in [-0.3, -0.25) is 23.7 Å². The number of carboxylic acid groups (broad SMARTS) is 1. The molecule has 0 bridgehead atoms. The Balaban J connectivity index is 0.000000454. The molecule has 1 aliphatic rings. The van der Waals surface area contributed by atoms with E-state index in [-0.39, 0.29) is 18.0 Å². The highest BCUT2D eigenvalue weighted by molar-refractivity contribution is 5.94. The van der Waals surface area contributed by atoms with Gasteiger partial charge in [-0.25, -0.2) is 9.78 Å². The molecule has 1 aliphatic heterocycles. The third kappa shape index (κ3) is 7.00. The van der Waals surface area contributed by atoms with E-state index < -0.39 is 12.1 Å². The van der Waals surface area contributed by atoms with Gasteiger partial charge in [0, 0.05) is 44.5 Å². The first-order chi connectivity index (χ1) is 16.9. The van der Waals surface area contributed by atoms with Crippen LogP contribution in [0.3, 0.4) is 0 Å². The zero-order chi connectivity index (χ0) is 26.5. The van der Waals surface area contributed by atoms with Crippen LogP contribution in [0.1, 0.15) is 39.6 Å². The highest BCUT2D eigenvalue weighted by Gasteiger charge is 2.38. The summed E-state index contributed by atoms with van der Waals surface area (Å²) < 4.78 is 40.2. The molecule has 0 aromatic carbocycles. The molecule has 0 saturated carbocycles. The Bertz CT molecular complexity index is 1280. The van der Waals surface area contributed by atoms with Crippen LogP contribution in [-0.4, -0.2) is 59.1 Å². The minimum atomic E-state index is -5.08. The van der Waals surface area contributed by atoms with Crippen molar-refractivity contribution >= 4 is 11.9 Å². The van der Waals surface area contributed by atoms with Crippen LogP contribution in [0, 0.1) is 6.92 Å². The quantitative estimate of drug-likeness (QED) is 0.516. The fourth-order valence-electron chi connectivity index (χ4n) is 3.52. The van der Waals surface area contributed by atoms with Crippen LogP contribution < -0.4 is 10.9 Å². The number of rotatable bonds is 5. The first-order valence-corrected chi connectivity index (χ1v) is 10.7. The van der Waals surface area contributed by atoms with E-state index in [1.54, 1.807) is 16.2 Å². The SMILES string of the molecule is Cc1oncc1C(=O)NCc1cc(=O)n2c(n1)CN(Cc1cnn(C)c1)CCC2.O=C(O)C(F)(F)F. The monoisotopic (exact) mass is 511 g/mol. The maximum absolute atomic E-state index is 12.6. The van der Waals surface area contributed by atoms with Crippen LogP contribution >= 0.6 is 0 Å². The van der Waals surface area contributed by atoms with Crippen LogP contribution in [0.15, 0.2) is 34.0 Å². The predicted molar refractivity (Wildman–Crippen MR) is 117 cm³/mol. The Kier molecular flexibility index (Phi) is 8.24. The zero-order valence-corrected chi connectivity index (χ0v) is 19.4. The second kappa shape index (κ2) is 11.2. The molecule has 4 rings (SSSR count). The van der Waals surface area contributed by atoms with Crippen molar-refractivity contribution in [2.24, 2.45) is 7.05 Å². The van der Waals surface area contributed by atoms with Crippen molar-refractivity contribution in [3.63, 3.8) is 0 Å². The van der Waals surface area contributed by atoms with Crippen LogP contribution in [-0.2, 0) is 38.0 Å². The number of aryl methyl sites for hydroxylation is 2. The molecule has 0 unspecified atom stereocenters. The fraction of sp³-hybridized carbons (Fsp3) is 0.429. The summed E-state index contributed by atoms with van der Waals surface area (Å²) in [4.78, 5) is 40.6. The number of amides is 1. The van der Waals surface area contributed by atoms with E-state index >= 15 is 0 Å². The van der Waals surface area contributed by atoms with Gasteiger partial charge in [-0.05, 0) is 13.3 Å². The first-order valence-electron chi connectivity index (χ1n) is 10.7. The molecule has 3 aromatic heterocycles. The Hall–Kier alpha value is -4.01. The molecule has 0 aliphatic carbocycles. The topological polar surface area (TPSA) is 148 Å². The lowest BCUT2D eigenvalue weighted by Gasteiger charge is -2.19. The molecule has 36 heavy (non-hydrogen) atoms. The molecule has 2 N–H and O–H groups in total. The minimum absolute atomic E-state index is 0.0939. The van der Waals surface area contributed by atoms with Gasteiger partial charge in [-0.15, -0.1) is 0 Å². The Morgan fingerprint density at radius 2 is 1.97 bits per heavy atom. The van der Waals surface area contributed by atoms with Crippen molar-refractivity contribution in [1.82, 2.24) is 34.7 Å². The fourth-order valence-corrected chi connectivity index (χ4v) is 3.52. The number of halogens is 3. The van der Waals surface area contributed by atoms with Crippen molar-refractivity contribution in [2.45, 2.75) is 45.7 Å². The number of fused-ring (bicyclic) bond motifs is 1. The molecule has 12 nitrogen and oxygen atoms in total. The van der Waals surface area contributed by atoms with Gasteiger partial charge >= 0.3 is 12.1 Å². The molecule has 0 atom stereocenters. The van der Waals surface area contributed by atoms with Crippen molar-refractivity contribution in [1.29, 1.82) is 0 Å². The van der Waals surface area contributed by atoms with Gasteiger partial charge in [0.15, 0.2) is 0 Å². The van der Waals surface area contributed by atoms with Gasteiger partial charge in [0.25, 0.3) is 11.5 Å². The van der Waals surface area contributed by atoms with Crippen LogP contribution in [0.25, 0.3) is 0 Å². The number of nitrogens with zero attached hydrogens (tertiary/aromatic N) is 6. The number of carbonyl (C=O) groups excluding carboxylic acids is 1. The van der Waals surface area contributed by atoms with E-state index in [4.69, 9.17) is 14.4 Å². The van der Waals surface area contributed by atoms with E-state index in [1.165, 1.54) is 12.3 Å². The molecule has 3 aromatic rings. The maximum atomic E-state index is 12.6. The Morgan fingerprint density at radius 1 is 1.25 bits per heavy atom. The van der Waals surface area contributed by atoms with Gasteiger partial charge < -0.3 is 14.9 Å². The molecular formula is C21H24F3N7O5. The number of nitrogens with one attached hydrogen (secondary N) is 1. The molecule has 194 valence electrons. The lowest BCUT2D eigenvalue weighted by Crippen LogP contribution is -2.30. The highest BCUT2D eigenvalue weighted by Crippen LogP contribution is 2.14. The van der Waals surface area contributed by atoms with E-state index in [0.717, 1.165) is 25.1 Å². The van der Waals surface area contributed by atoms with E-state index in [1.807, 2.05) is 19.4 Å². The normalized spacial score (nSPS) is 13.8. The number of carbonyl (C=O) groups is 2. The largest absolute Gasteiger partial charge is 0.490 e. The number of carboxylic acids is 1. The van der Waals surface area contributed by atoms with Gasteiger partial charge in [0.2, 0.25) is 0 Å². The smallest absolute Gasteiger partial charge is 0.475 e. The zero-order valence-electron chi connectivity index (χ0n) is 19.4. The second-order valence-corrected chi connectivity index (χ2v) is 8.02. The summed E-state index contributed by atoms with van der Waals surface area (Å²) in [6.45, 7) is 4.66. The van der Waals surface area contributed by atoms with Gasteiger partial charge in [-0.1, -0.05) is 5.16 Å². The summed E-state index contributed by atoms with van der Waals surface area (Å²) in [5, 5.41) is 17.7. The molecule has 4 heterocycles. The standard InChI is InChI=1S/C19H23N7O3.C2HF3O2/c1-13-16(9-22-29-13)19(28)20-8-15-6-18(27)26-5-3-4-25(12-17(26)23-15)11-14-7-21-24(2)10-14;3-2(4,5)1(6)7/h6-7,9-10H,3-5,8,11-12H2,1-2H3,(H,20,28);(H,6,7). The summed E-state index contributed by atoms with van der Waals surface area (Å²) in [6, 6.07) is 1.49. The molecule has 0 spiro atoms. The molecule has 0 radical (unpaired) electrons. The van der Waals surface area contributed by atoms with E-state index in [2.05, 4.69) is 25.5 Å². The second-order valence-electron chi connectivity index (χ2n) is 8.02. The minimum Gasteiger partial charge on any atom is -0.475 e. The third-order valence-electron chi connectivity index (χ3n) is 5.19. The number of alkyl halides is 3.